The van der Waals surface area contributed by atoms with Gasteiger partial charge in [0.25, 0.3) is 0 Å². The number of anilines is 1. The van der Waals surface area contributed by atoms with Crippen LogP contribution in [0.5, 0.6) is 0 Å². The molecule has 206 valence electrons. The number of carbonyl (C=O) groups is 1. The smallest absolute Gasteiger partial charge is 0.370 e. The Balaban J connectivity index is 0.00000130. The van der Waals surface area contributed by atoms with Gasteiger partial charge in [-0.1, -0.05) is 32.1 Å². The number of allylic oxidation sites excluding steroid dienone is 2. The van der Waals surface area contributed by atoms with E-state index in [0.717, 1.165) is 25.9 Å². The summed E-state index contributed by atoms with van der Waals surface area (Å²) in [4.78, 5) is 15.7. The minimum absolute atomic E-state index is 0. The third-order valence-corrected chi connectivity index (χ3v) is 7.74. The molecule has 6 nitrogen and oxygen atoms in total. The first kappa shape index (κ1) is 27.1. The summed E-state index contributed by atoms with van der Waals surface area (Å²) >= 11 is 0. The number of rotatable bonds is 5. The highest BCUT2D eigenvalue weighted by Gasteiger charge is 2.50. The molecule has 37 heavy (non-hydrogen) atoms. The van der Waals surface area contributed by atoms with Crippen LogP contribution >= 0.6 is 0 Å². The van der Waals surface area contributed by atoms with Gasteiger partial charge in [-0.25, -0.2) is 0 Å². The van der Waals surface area contributed by atoms with E-state index in [-0.39, 0.29) is 25.5 Å². The highest BCUT2D eigenvalue weighted by Crippen LogP contribution is 2.54. The second-order valence-electron chi connectivity index (χ2n) is 10.3. The average Bonchev–Trinajstić information content (AvgIpc) is 3.61. The zero-order valence-corrected chi connectivity index (χ0v) is 21.9. The fourth-order valence-electron chi connectivity index (χ4n) is 5.43. The molecule has 9 heteroatoms. The number of hydrogen-bond donors (Lipinski definition) is 3. The number of nitrogens with zero attached hydrogens (tertiary/aromatic N) is 2. The topological polar surface area (TPSA) is 67.8 Å². The van der Waals surface area contributed by atoms with E-state index in [0.29, 0.717) is 11.2 Å². The van der Waals surface area contributed by atoms with E-state index in [1.165, 1.54) is 49.0 Å². The Labute approximate surface area is 219 Å². The summed E-state index contributed by atoms with van der Waals surface area (Å²) in [6.07, 6.45) is 5.27. The lowest BCUT2D eigenvalue weighted by atomic mass is 9.92. The van der Waals surface area contributed by atoms with Gasteiger partial charge in [0.05, 0.1) is 0 Å². The van der Waals surface area contributed by atoms with Crippen molar-refractivity contribution < 1.29 is 25.9 Å². The van der Waals surface area contributed by atoms with Crippen LogP contribution in [0.3, 0.4) is 0 Å². The highest BCUT2D eigenvalue weighted by atomic mass is 19.4. The lowest BCUT2D eigenvalue weighted by Crippen LogP contribution is -2.63. The number of hydrogen-bond acceptors (Lipinski definition) is 6. The summed E-state index contributed by atoms with van der Waals surface area (Å²) in [6, 6.07) is 4.13. The van der Waals surface area contributed by atoms with E-state index in [1.54, 1.807) is 31.3 Å². The van der Waals surface area contributed by atoms with Crippen LogP contribution in [0.2, 0.25) is 0 Å². The molecule has 1 aromatic rings. The number of halogens is 3. The predicted molar refractivity (Wildman–Crippen MR) is 143 cm³/mol. The Morgan fingerprint density at radius 3 is 2.43 bits per heavy atom. The molecule has 1 saturated heterocycles. The number of aliphatic hydroxyl groups is 1. The van der Waals surface area contributed by atoms with E-state index in [9.17, 15) is 23.1 Å². The van der Waals surface area contributed by atoms with E-state index < -0.39 is 24.1 Å². The molecule has 0 radical (unpaired) electrons. The predicted octanol–water partition coefficient (Wildman–Crippen LogP) is 5.86. The molecule has 0 amide bonds. The van der Waals surface area contributed by atoms with Crippen molar-refractivity contribution in [2.24, 2.45) is 5.41 Å². The van der Waals surface area contributed by atoms with Crippen molar-refractivity contribution in [1.29, 1.82) is 0 Å². The van der Waals surface area contributed by atoms with E-state index in [2.05, 4.69) is 15.5 Å². The van der Waals surface area contributed by atoms with Crippen molar-refractivity contribution in [1.82, 2.24) is 15.1 Å². The maximum absolute atomic E-state index is 14.5. The van der Waals surface area contributed by atoms with E-state index >= 15 is 0 Å². The van der Waals surface area contributed by atoms with Crippen molar-refractivity contribution in [3.8, 4) is 0 Å². The highest BCUT2D eigenvalue weighted by molar-refractivity contribution is 5.99. The van der Waals surface area contributed by atoms with Crippen molar-refractivity contribution in [3.63, 3.8) is 0 Å². The fourth-order valence-corrected chi connectivity index (χ4v) is 5.43. The number of ketones is 1. The Kier molecular flexibility index (Phi) is 7.38. The van der Waals surface area contributed by atoms with Crippen molar-refractivity contribution in [2.45, 2.75) is 77.5 Å². The van der Waals surface area contributed by atoms with Crippen LogP contribution in [0.15, 0.2) is 60.1 Å². The number of likely N-dealkylation sites (tertiary alicyclic amines) is 1. The number of piperidine rings is 1. The molecule has 1 spiro atoms. The Hall–Kier alpha value is -2.94. The number of benzene rings is 1. The fraction of sp³-hybridized carbons (Fsp3) is 0.536. The van der Waals surface area contributed by atoms with Gasteiger partial charge in [0.15, 0.2) is 11.5 Å². The SMILES string of the molecule is CC.CC(=O)c1ccccc1N[C@@H](C1=CC=CN2C1NC(N1CCC3(CC1)CC3)=CC2(C)O)C(F)(F)F.[HH].[HH]. The van der Waals surface area contributed by atoms with Crippen molar-refractivity contribution in [3.05, 3.63) is 65.7 Å². The lowest BCUT2D eigenvalue weighted by molar-refractivity contribution is -0.139. The van der Waals surface area contributed by atoms with Gasteiger partial charge in [0.2, 0.25) is 0 Å². The molecule has 0 bridgehead atoms. The molecule has 3 aliphatic heterocycles. The van der Waals surface area contributed by atoms with Gasteiger partial charge in [0.1, 0.15) is 18.0 Å². The van der Waals surface area contributed by atoms with Crippen LogP contribution in [0, 0.1) is 5.41 Å². The van der Waals surface area contributed by atoms with E-state index in [1.807, 2.05) is 13.8 Å². The van der Waals surface area contributed by atoms with E-state index in [4.69, 9.17) is 0 Å². The molecule has 1 saturated carbocycles. The Morgan fingerprint density at radius 1 is 1.19 bits per heavy atom. The normalized spacial score (nSPS) is 26.6. The first-order chi connectivity index (χ1) is 17.5. The van der Waals surface area contributed by atoms with Crippen LogP contribution in [0.4, 0.5) is 18.9 Å². The van der Waals surface area contributed by atoms with Gasteiger partial charge in [-0.2, -0.15) is 13.2 Å². The first-order valence-corrected chi connectivity index (χ1v) is 13.1. The molecule has 4 aliphatic rings. The number of nitrogens with one attached hydrogen (secondary N) is 2. The van der Waals surface area contributed by atoms with Gasteiger partial charge in [-0.3, -0.25) is 4.79 Å². The van der Waals surface area contributed by atoms with Gasteiger partial charge >= 0.3 is 6.18 Å². The second-order valence-corrected chi connectivity index (χ2v) is 10.3. The third kappa shape index (κ3) is 5.51. The molecule has 2 fully saturated rings. The van der Waals surface area contributed by atoms with Crippen molar-refractivity contribution in [2.75, 3.05) is 18.4 Å². The zero-order valence-electron chi connectivity index (χ0n) is 21.9. The lowest BCUT2D eigenvalue weighted by Gasteiger charge is -2.50. The number of para-hydroxylation sites is 1. The third-order valence-electron chi connectivity index (χ3n) is 7.74. The monoisotopic (exact) mass is 522 g/mol. The molecule has 1 aliphatic carbocycles. The van der Waals surface area contributed by atoms with Crippen LogP contribution < -0.4 is 10.6 Å². The molecular formula is C28H41F3N4O2. The summed E-state index contributed by atoms with van der Waals surface area (Å²) in [5.74, 6) is 0.327. The molecule has 0 aromatic heterocycles. The first-order valence-electron chi connectivity index (χ1n) is 13.1. The summed E-state index contributed by atoms with van der Waals surface area (Å²) in [5.41, 5.74) is -0.706. The van der Waals surface area contributed by atoms with Crippen LogP contribution in [0.25, 0.3) is 0 Å². The van der Waals surface area contributed by atoms with Gasteiger partial charge < -0.3 is 25.5 Å². The summed E-state index contributed by atoms with van der Waals surface area (Å²) in [5, 5.41) is 17.1. The zero-order chi connectivity index (χ0) is 27.0. The summed E-state index contributed by atoms with van der Waals surface area (Å²) < 4.78 is 43.4. The minimum atomic E-state index is -4.65. The molecule has 3 atom stereocenters. The Bertz CT molecular complexity index is 1110. The van der Waals surface area contributed by atoms with Crippen LogP contribution in [-0.4, -0.2) is 57.9 Å². The van der Waals surface area contributed by atoms with Gasteiger partial charge in [-0.15, -0.1) is 0 Å². The molecular weight excluding hydrogens is 481 g/mol. The number of carbonyl (C=O) groups excluding carboxylic acids is 1. The number of alkyl halides is 3. The molecule has 3 N–H and O–H groups in total. The van der Waals surface area contributed by atoms with Crippen LogP contribution in [-0.2, 0) is 0 Å². The van der Waals surface area contributed by atoms with Gasteiger partial charge in [0, 0.05) is 45.0 Å². The van der Waals surface area contributed by atoms with Gasteiger partial charge in [-0.05, 0) is 63.2 Å². The summed E-state index contributed by atoms with van der Waals surface area (Å²) in [7, 11) is 0. The molecule has 1 aromatic carbocycles. The average molecular weight is 523 g/mol. The standard InChI is InChI=1S/C26H31F3N4O2.C2H6.2H2/c1-17(34)18-6-3-4-8-20(18)30-22(26(27,28)29)19-7-5-13-33-23(19)31-21(16-24(33,2)35)32-14-11-25(9-10-25)12-15-32;1-2;;/h3-8,13,16,22-23,30-31,35H,9-12,14-15H2,1-2H3;1-2H3;2*1H/t22-,23?,24?;;;/m0.../s1. The molecule has 5 rings (SSSR count). The quantitative estimate of drug-likeness (QED) is 0.421. The molecule has 3 heterocycles. The molecule has 2 unspecified atom stereocenters. The van der Waals surface area contributed by atoms with Crippen molar-refractivity contribution >= 4 is 11.5 Å². The number of Topliss-reactive ketones (excluding diaryl/α,β-unsaturated/α-hetero) is 1. The maximum atomic E-state index is 14.5. The summed E-state index contributed by atoms with van der Waals surface area (Å²) in [6.45, 7) is 8.53. The second kappa shape index (κ2) is 10.1. The maximum Gasteiger partial charge on any atom is 0.412 e. The largest absolute Gasteiger partial charge is 0.412 e. The minimum Gasteiger partial charge on any atom is -0.370 e. The Morgan fingerprint density at radius 2 is 1.84 bits per heavy atom. The van der Waals surface area contributed by atoms with Crippen LogP contribution in [0.1, 0.15) is 66.6 Å². The number of fused-ring (bicyclic) bond motifs is 1.